The van der Waals surface area contributed by atoms with Crippen molar-refractivity contribution in [3.05, 3.63) is 24.3 Å². The molecule has 0 saturated heterocycles. The van der Waals surface area contributed by atoms with E-state index in [1.165, 1.54) is 0 Å². The predicted molar refractivity (Wildman–Crippen MR) is 56.9 cm³/mol. The number of nitrogens with one attached hydrogen (secondary N) is 2. The van der Waals surface area contributed by atoms with E-state index >= 15 is 0 Å². The van der Waals surface area contributed by atoms with Crippen LogP contribution in [0.4, 0.5) is 10.5 Å². The molecule has 1 amide bonds. The number of carboxylic acid groups (broad SMARTS) is 1. The van der Waals surface area contributed by atoms with E-state index in [4.69, 9.17) is 10.3 Å². The highest BCUT2D eigenvalue weighted by Crippen LogP contribution is 2.19. The van der Waals surface area contributed by atoms with Gasteiger partial charge in [-0.15, -0.1) is 0 Å². The third kappa shape index (κ3) is 5.29. The van der Waals surface area contributed by atoms with E-state index in [-0.39, 0.29) is 6.54 Å². The maximum absolute atomic E-state index is 10.0. The summed E-state index contributed by atoms with van der Waals surface area (Å²) in [5, 5.41) is 15.7. The van der Waals surface area contributed by atoms with E-state index in [1.807, 2.05) is 0 Å². The smallest absolute Gasteiger partial charge is 0.220 e. The van der Waals surface area contributed by atoms with E-state index < -0.39 is 6.09 Å². The number of hydrogen-bond donors (Lipinski definition) is 2. The van der Waals surface area contributed by atoms with Crippen molar-refractivity contribution in [1.29, 1.82) is 5.53 Å². The molecule has 0 bridgehead atoms. The lowest BCUT2D eigenvalue weighted by Gasteiger charge is -2.07. The van der Waals surface area contributed by atoms with Crippen LogP contribution in [0.25, 0.3) is 0 Å². The van der Waals surface area contributed by atoms with Crippen molar-refractivity contribution in [2.45, 2.75) is 6.42 Å². The van der Waals surface area contributed by atoms with Crippen molar-refractivity contribution in [2.75, 3.05) is 13.2 Å². The minimum atomic E-state index is -1.29. The molecule has 0 atom stereocenters. The van der Waals surface area contributed by atoms with Gasteiger partial charge < -0.3 is 20.0 Å². The van der Waals surface area contributed by atoms with Crippen LogP contribution in [-0.4, -0.2) is 19.2 Å². The predicted octanol–water partition coefficient (Wildman–Crippen LogP) is 0.570. The Morgan fingerprint density at radius 2 is 2.41 bits per heavy atom. The lowest BCUT2D eigenvalue weighted by molar-refractivity contribution is -0.250. The fraction of sp³-hybridized carbons (Fsp3) is 0.300. The first-order valence-corrected chi connectivity index (χ1v) is 4.97. The average Bonchev–Trinajstić information content (AvgIpc) is 2.29. The van der Waals surface area contributed by atoms with Crippen LogP contribution in [0, 0.1) is 5.53 Å². The fourth-order valence-electron chi connectivity index (χ4n) is 1.15. The molecule has 0 aliphatic heterocycles. The van der Waals surface area contributed by atoms with Gasteiger partial charge in [0.2, 0.25) is 4.91 Å². The highest BCUT2D eigenvalue weighted by atomic mass is 16.5. The van der Waals surface area contributed by atoms with Crippen LogP contribution < -0.4 is 20.1 Å². The summed E-state index contributed by atoms with van der Waals surface area (Å²) in [6.45, 7) is 0.663. The van der Waals surface area contributed by atoms with Gasteiger partial charge in [0.25, 0.3) is 0 Å². The molecule has 0 aliphatic carbocycles. The van der Waals surface area contributed by atoms with Crippen LogP contribution in [0.3, 0.4) is 0 Å². The normalized spacial score (nSPS) is 9.18. The van der Waals surface area contributed by atoms with Gasteiger partial charge in [0.15, 0.2) is 10.8 Å². The molecule has 0 fully saturated rings. The first kappa shape index (κ1) is 12.7. The molecular weight excluding hydrogens is 224 g/mol. The maximum atomic E-state index is 10.0. The molecule has 1 rings (SSSR count). The number of nitrogens with zero attached hydrogens (tertiary/aromatic N) is 2. The van der Waals surface area contributed by atoms with Crippen LogP contribution in [-0.2, 0) is 0 Å². The number of benzene rings is 1. The first-order valence-electron chi connectivity index (χ1n) is 4.97. The summed E-state index contributed by atoms with van der Waals surface area (Å²) in [4.78, 5) is 13.0. The fourth-order valence-corrected chi connectivity index (χ4v) is 1.15. The summed E-state index contributed by atoms with van der Waals surface area (Å²) in [6.07, 6.45) is -0.749. The zero-order chi connectivity index (χ0) is 12.5. The van der Waals surface area contributed by atoms with E-state index in [0.717, 1.165) is 0 Å². The largest absolute Gasteiger partial charge is 0.530 e. The van der Waals surface area contributed by atoms with Gasteiger partial charge in [-0.05, 0) is 18.6 Å². The molecular formula is C10H12N4O3. The zero-order valence-electron chi connectivity index (χ0n) is 9.05. The molecule has 1 aromatic rings. The Labute approximate surface area is 97.6 Å². The Kier molecular flexibility index (Phi) is 5.19. The van der Waals surface area contributed by atoms with Crippen LogP contribution in [0.1, 0.15) is 6.42 Å². The summed E-state index contributed by atoms with van der Waals surface area (Å²) in [6, 6.07) is 6.82. The van der Waals surface area contributed by atoms with Gasteiger partial charge in [-0.25, -0.2) is 0 Å². The molecule has 7 heteroatoms. The Morgan fingerprint density at radius 3 is 3.12 bits per heavy atom. The zero-order valence-corrected chi connectivity index (χ0v) is 9.05. The third-order valence-corrected chi connectivity index (χ3v) is 1.84. The lowest BCUT2D eigenvalue weighted by atomic mass is 10.3. The van der Waals surface area contributed by atoms with E-state index in [9.17, 15) is 9.90 Å². The topological polar surface area (TPSA) is 112 Å². The molecule has 90 valence electrons. The summed E-state index contributed by atoms with van der Waals surface area (Å²) >= 11 is 0. The Morgan fingerprint density at radius 1 is 1.59 bits per heavy atom. The van der Waals surface area contributed by atoms with Gasteiger partial charge in [0.1, 0.15) is 17.4 Å². The number of rotatable bonds is 6. The molecule has 17 heavy (non-hydrogen) atoms. The van der Waals surface area contributed by atoms with Gasteiger partial charge in [-0.3, -0.25) is 0 Å². The van der Waals surface area contributed by atoms with Gasteiger partial charge >= 0.3 is 0 Å². The first-order chi connectivity index (χ1) is 8.22. The average molecular weight is 236 g/mol. The molecule has 0 aliphatic rings. The van der Waals surface area contributed by atoms with E-state index in [0.29, 0.717) is 24.5 Å². The third-order valence-electron chi connectivity index (χ3n) is 1.84. The Bertz CT molecular complexity index is 429. The lowest BCUT2D eigenvalue weighted by Crippen LogP contribution is -2.37. The van der Waals surface area contributed by atoms with Gasteiger partial charge in [0, 0.05) is 12.6 Å². The van der Waals surface area contributed by atoms with Crippen molar-refractivity contribution in [3.8, 4) is 5.75 Å². The molecule has 0 spiro atoms. The van der Waals surface area contributed by atoms with Crippen LogP contribution in [0.15, 0.2) is 29.4 Å². The molecule has 0 radical (unpaired) electrons. The summed E-state index contributed by atoms with van der Waals surface area (Å²) < 4.78 is 5.36. The van der Waals surface area contributed by atoms with Crippen LogP contribution >= 0.6 is 0 Å². The Balaban J connectivity index is 2.33. The number of carbonyl (C=O) groups is 1. The second kappa shape index (κ2) is 6.97. The van der Waals surface area contributed by atoms with Crippen molar-refractivity contribution in [2.24, 2.45) is 5.11 Å². The van der Waals surface area contributed by atoms with Crippen molar-refractivity contribution in [1.82, 2.24) is 10.2 Å². The van der Waals surface area contributed by atoms with Gasteiger partial charge in [-0.2, -0.15) is 0 Å². The second-order valence-corrected chi connectivity index (χ2v) is 3.11. The number of hydrogen-bond acceptors (Lipinski definition) is 5. The van der Waals surface area contributed by atoms with Crippen molar-refractivity contribution >= 4 is 11.8 Å². The minimum Gasteiger partial charge on any atom is -0.530 e. The Hall–Kier alpha value is -2.40. The van der Waals surface area contributed by atoms with Crippen molar-refractivity contribution in [3.63, 3.8) is 0 Å². The summed E-state index contributed by atoms with van der Waals surface area (Å²) in [5.41, 5.74) is 7.12. The van der Waals surface area contributed by atoms with Crippen molar-refractivity contribution < 1.29 is 14.6 Å². The SMILES string of the molecule is N=[N+]=Nc1cccc(OCCCNC(=O)[O-])c1. The number of amides is 1. The molecule has 0 aromatic heterocycles. The van der Waals surface area contributed by atoms with Crippen LogP contribution in [0.5, 0.6) is 5.75 Å². The highest BCUT2D eigenvalue weighted by molar-refractivity contribution is 5.61. The monoisotopic (exact) mass is 236 g/mol. The molecule has 0 heterocycles. The molecule has 0 saturated carbocycles. The highest BCUT2D eigenvalue weighted by Gasteiger charge is 1.99. The maximum Gasteiger partial charge on any atom is 0.220 e. The molecule has 0 unspecified atom stereocenters. The number of ether oxygens (including phenoxy) is 1. The van der Waals surface area contributed by atoms with E-state index in [2.05, 4.69) is 15.3 Å². The van der Waals surface area contributed by atoms with Gasteiger partial charge in [0.05, 0.1) is 6.61 Å². The van der Waals surface area contributed by atoms with Gasteiger partial charge in [-0.1, -0.05) is 6.07 Å². The quantitative estimate of drug-likeness (QED) is 0.427. The second-order valence-electron chi connectivity index (χ2n) is 3.11. The summed E-state index contributed by atoms with van der Waals surface area (Å²) in [5.74, 6) is 0.600. The molecule has 7 nitrogen and oxygen atoms in total. The number of carbonyl (C=O) groups excluding carboxylic acids is 1. The molecule has 1 aromatic carbocycles. The standard InChI is InChI=1S/C10H12N4O3/c11-14-13-8-3-1-4-9(7-8)17-6-2-5-12-10(15)16/h1,3-4,7,11-12H,2,5-6H2. The molecule has 2 N–H and O–H groups in total. The van der Waals surface area contributed by atoms with Crippen LogP contribution in [0.2, 0.25) is 0 Å². The summed E-state index contributed by atoms with van der Waals surface area (Å²) in [7, 11) is 0. The minimum absolute atomic E-state index is 0.286. The van der Waals surface area contributed by atoms with E-state index in [1.54, 1.807) is 24.3 Å².